The predicted octanol–water partition coefficient (Wildman–Crippen LogP) is 0.0761. The molecule has 3 rings (SSSR count). The Hall–Kier alpha value is -2.71. The third-order valence-corrected chi connectivity index (χ3v) is 5.74. The number of amides is 1. The number of amidine groups is 1. The Morgan fingerprint density at radius 1 is 1.07 bits per heavy atom. The van der Waals surface area contributed by atoms with Crippen LogP contribution in [0.1, 0.15) is 23.1 Å². The molecular formula is C20H25N4O3S+. The Balaban J connectivity index is 1.50. The van der Waals surface area contributed by atoms with Gasteiger partial charge in [-0.1, -0.05) is 36.4 Å². The molecular weight excluding hydrogens is 376 g/mol. The fourth-order valence-corrected chi connectivity index (χ4v) is 4.24. The Bertz CT molecular complexity index is 983. The monoisotopic (exact) mass is 401 g/mol. The van der Waals surface area contributed by atoms with Gasteiger partial charge in [-0.05, 0) is 17.7 Å². The quantitative estimate of drug-likeness (QED) is 0.613. The van der Waals surface area contributed by atoms with E-state index in [0.29, 0.717) is 17.9 Å². The van der Waals surface area contributed by atoms with Crippen molar-refractivity contribution >= 4 is 21.8 Å². The molecule has 0 aromatic heterocycles. The van der Waals surface area contributed by atoms with E-state index >= 15 is 0 Å². The molecule has 0 unspecified atom stereocenters. The molecule has 0 spiro atoms. The number of hydrogen-bond acceptors (Lipinski definition) is 4. The van der Waals surface area contributed by atoms with E-state index < -0.39 is 10.0 Å². The summed E-state index contributed by atoms with van der Waals surface area (Å²) in [5.74, 6) is 0.169. The van der Waals surface area contributed by atoms with Gasteiger partial charge in [0, 0.05) is 24.1 Å². The molecule has 7 nitrogen and oxygen atoms in total. The van der Waals surface area contributed by atoms with Crippen LogP contribution in [0.4, 0.5) is 0 Å². The number of sulfonamides is 1. The maximum atomic E-state index is 12.1. The van der Waals surface area contributed by atoms with Crippen molar-refractivity contribution in [3.05, 3.63) is 65.2 Å². The van der Waals surface area contributed by atoms with Crippen molar-refractivity contribution < 1.29 is 18.1 Å². The smallest absolute Gasteiger partial charge is 0.263 e. The first kappa shape index (κ1) is 20.0. The number of fused-ring (bicyclic) bond motifs is 1. The Kier molecular flexibility index (Phi) is 6.11. The van der Waals surface area contributed by atoms with E-state index in [1.807, 2.05) is 12.1 Å². The van der Waals surface area contributed by atoms with Crippen LogP contribution in [-0.2, 0) is 27.9 Å². The number of quaternary nitrogens is 1. The molecule has 2 aromatic carbocycles. The summed E-state index contributed by atoms with van der Waals surface area (Å²) in [5.41, 5.74) is 2.84. The third-order valence-electron chi connectivity index (χ3n) is 4.34. The lowest BCUT2D eigenvalue weighted by atomic mass is 10.1. The van der Waals surface area contributed by atoms with Crippen LogP contribution in [0.2, 0.25) is 0 Å². The van der Waals surface area contributed by atoms with Gasteiger partial charge in [0.15, 0.2) is 0 Å². The summed E-state index contributed by atoms with van der Waals surface area (Å²) in [6.45, 7) is 1.63. The molecule has 0 aliphatic carbocycles. The van der Waals surface area contributed by atoms with Crippen molar-refractivity contribution in [2.24, 2.45) is 4.99 Å². The summed E-state index contributed by atoms with van der Waals surface area (Å²) in [4.78, 5) is 17.9. The van der Waals surface area contributed by atoms with Gasteiger partial charge in [-0.15, -0.1) is 0 Å². The van der Waals surface area contributed by atoms with Crippen molar-refractivity contribution in [1.82, 2.24) is 10.0 Å². The fraction of sp³-hybridized carbons (Fsp3) is 0.300. The molecule has 1 aliphatic heterocycles. The third kappa shape index (κ3) is 4.96. The van der Waals surface area contributed by atoms with E-state index in [0.717, 1.165) is 12.1 Å². The van der Waals surface area contributed by atoms with Crippen LogP contribution in [0, 0.1) is 0 Å². The van der Waals surface area contributed by atoms with Crippen LogP contribution in [0.15, 0.2) is 58.4 Å². The SMILES string of the molecule is C[NH+](C)Cc1ccc(CNC(=O)CCN=C2NS(=O)(=O)c3ccccc32)cc1. The van der Waals surface area contributed by atoms with E-state index in [-0.39, 0.29) is 23.8 Å². The maximum Gasteiger partial charge on any atom is 0.263 e. The zero-order valence-corrected chi connectivity index (χ0v) is 16.8. The number of rotatable bonds is 7. The zero-order chi connectivity index (χ0) is 20.1. The topological polar surface area (TPSA) is 92.1 Å². The average molecular weight is 402 g/mol. The van der Waals surface area contributed by atoms with Crippen LogP contribution in [-0.4, -0.2) is 40.8 Å². The summed E-state index contributed by atoms with van der Waals surface area (Å²) < 4.78 is 26.5. The minimum Gasteiger partial charge on any atom is -0.352 e. The summed E-state index contributed by atoms with van der Waals surface area (Å²) in [7, 11) is 0.662. The number of nitrogens with zero attached hydrogens (tertiary/aromatic N) is 1. The van der Waals surface area contributed by atoms with Crippen molar-refractivity contribution in [1.29, 1.82) is 0 Å². The van der Waals surface area contributed by atoms with Gasteiger partial charge in [-0.2, -0.15) is 0 Å². The highest BCUT2D eigenvalue weighted by Crippen LogP contribution is 2.22. The van der Waals surface area contributed by atoms with Gasteiger partial charge in [0.25, 0.3) is 10.0 Å². The fourth-order valence-electron chi connectivity index (χ4n) is 2.99. The second kappa shape index (κ2) is 8.53. The molecule has 3 N–H and O–H groups in total. The van der Waals surface area contributed by atoms with E-state index in [1.165, 1.54) is 16.5 Å². The number of carbonyl (C=O) groups is 1. The van der Waals surface area contributed by atoms with Crippen LogP contribution in [0.5, 0.6) is 0 Å². The Morgan fingerprint density at radius 3 is 2.46 bits per heavy atom. The van der Waals surface area contributed by atoms with Crippen molar-refractivity contribution in [2.45, 2.75) is 24.4 Å². The second-order valence-corrected chi connectivity index (χ2v) is 8.71. The first-order valence-electron chi connectivity index (χ1n) is 9.15. The molecule has 0 bridgehead atoms. The van der Waals surface area contributed by atoms with Gasteiger partial charge >= 0.3 is 0 Å². The van der Waals surface area contributed by atoms with Gasteiger partial charge in [0.2, 0.25) is 5.91 Å². The van der Waals surface area contributed by atoms with Gasteiger partial charge < -0.3 is 10.2 Å². The Morgan fingerprint density at radius 2 is 1.75 bits per heavy atom. The zero-order valence-electron chi connectivity index (χ0n) is 16.0. The van der Waals surface area contributed by atoms with Crippen molar-refractivity contribution in [3.63, 3.8) is 0 Å². The van der Waals surface area contributed by atoms with E-state index in [1.54, 1.807) is 18.2 Å². The highest BCUT2D eigenvalue weighted by atomic mass is 32.2. The minimum absolute atomic E-state index is 0.125. The first-order valence-corrected chi connectivity index (χ1v) is 10.6. The lowest BCUT2D eigenvalue weighted by Crippen LogP contribution is -3.04. The van der Waals surface area contributed by atoms with Gasteiger partial charge in [0.1, 0.15) is 12.4 Å². The summed E-state index contributed by atoms with van der Waals surface area (Å²) >= 11 is 0. The predicted molar refractivity (Wildman–Crippen MR) is 108 cm³/mol. The van der Waals surface area contributed by atoms with E-state index in [9.17, 15) is 13.2 Å². The minimum atomic E-state index is -3.55. The lowest BCUT2D eigenvalue weighted by molar-refractivity contribution is -0.872. The molecule has 0 saturated carbocycles. The normalized spacial score (nSPS) is 16.0. The number of benzene rings is 2. The molecule has 148 valence electrons. The molecule has 1 aliphatic rings. The van der Waals surface area contributed by atoms with Crippen molar-refractivity contribution in [2.75, 3.05) is 20.6 Å². The summed E-state index contributed by atoms with van der Waals surface area (Å²) in [6, 6.07) is 14.9. The van der Waals surface area contributed by atoms with Crippen LogP contribution >= 0.6 is 0 Å². The first-order chi connectivity index (χ1) is 13.3. The molecule has 1 amide bonds. The Labute approximate surface area is 165 Å². The molecule has 0 atom stereocenters. The van der Waals surface area contributed by atoms with E-state index in [4.69, 9.17) is 0 Å². The number of hydrogen-bond donors (Lipinski definition) is 3. The highest BCUT2D eigenvalue weighted by molar-refractivity contribution is 7.90. The average Bonchev–Trinajstić information content (AvgIpc) is 2.92. The molecule has 2 aromatic rings. The number of aliphatic imine (C=N–C) groups is 1. The largest absolute Gasteiger partial charge is 0.352 e. The molecule has 8 heteroatoms. The van der Waals surface area contributed by atoms with Crippen LogP contribution < -0.4 is 14.9 Å². The lowest BCUT2D eigenvalue weighted by Gasteiger charge is -2.08. The van der Waals surface area contributed by atoms with Crippen molar-refractivity contribution in [3.8, 4) is 0 Å². The number of nitrogens with one attached hydrogen (secondary N) is 3. The van der Waals surface area contributed by atoms with Gasteiger partial charge in [-0.3, -0.25) is 14.5 Å². The highest BCUT2D eigenvalue weighted by Gasteiger charge is 2.29. The molecule has 0 radical (unpaired) electrons. The van der Waals surface area contributed by atoms with Crippen LogP contribution in [0.25, 0.3) is 0 Å². The summed E-state index contributed by atoms with van der Waals surface area (Å²) in [6.07, 6.45) is 0.190. The second-order valence-electron chi connectivity index (χ2n) is 7.06. The standard InChI is InChI=1S/C20H24N4O3S/c1-24(2)14-16-9-7-15(8-10-16)13-22-19(25)11-12-21-20-17-5-3-4-6-18(17)28(26,27)23-20/h3-10H,11-14H2,1-2H3,(H,21,23)(H,22,25)/p+1. The number of carbonyl (C=O) groups excluding carboxylic acids is 1. The molecule has 28 heavy (non-hydrogen) atoms. The maximum absolute atomic E-state index is 12.1. The van der Waals surface area contributed by atoms with Gasteiger partial charge in [0.05, 0.1) is 25.5 Å². The molecule has 0 fully saturated rings. The van der Waals surface area contributed by atoms with Crippen LogP contribution in [0.3, 0.4) is 0 Å². The summed E-state index contributed by atoms with van der Waals surface area (Å²) in [5, 5.41) is 2.87. The van der Waals surface area contributed by atoms with E-state index in [2.05, 4.69) is 41.3 Å². The molecule has 0 saturated heterocycles. The van der Waals surface area contributed by atoms with Gasteiger partial charge in [-0.25, -0.2) is 8.42 Å². The molecule has 1 heterocycles.